The Kier molecular flexibility index (Phi) is 3.68. The van der Waals surface area contributed by atoms with E-state index in [0.29, 0.717) is 11.5 Å². The van der Waals surface area contributed by atoms with Crippen molar-refractivity contribution >= 4 is 28.6 Å². The van der Waals surface area contributed by atoms with Crippen molar-refractivity contribution in [2.75, 3.05) is 0 Å². The number of benzene rings is 1. The fourth-order valence-corrected chi connectivity index (χ4v) is 1.78. The Morgan fingerprint density at radius 1 is 1.41 bits per heavy atom. The van der Waals surface area contributed by atoms with Crippen LogP contribution < -0.4 is 4.74 Å². The first-order chi connectivity index (χ1) is 8.16. The van der Waals surface area contributed by atoms with Crippen LogP contribution in [0.4, 0.5) is 0 Å². The molecule has 0 saturated heterocycles. The minimum atomic E-state index is -0.968. The molecule has 88 valence electrons. The highest BCUT2D eigenvalue weighted by molar-refractivity contribution is 14.1. The zero-order valence-electron chi connectivity index (χ0n) is 8.72. The molecular formula is C12H9IO4. The molecule has 4 nitrogen and oxygen atoms in total. The summed E-state index contributed by atoms with van der Waals surface area (Å²) in [4.78, 5) is 10.8. The lowest BCUT2D eigenvalue weighted by Crippen LogP contribution is -2.00. The first kappa shape index (κ1) is 12.0. The van der Waals surface area contributed by atoms with Crippen LogP contribution in [-0.2, 0) is 6.61 Å². The van der Waals surface area contributed by atoms with Gasteiger partial charge in [-0.2, -0.15) is 0 Å². The Morgan fingerprint density at radius 3 is 2.88 bits per heavy atom. The van der Waals surface area contributed by atoms with Crippen molar-refractivity contribution in [1.82, 2.24) is 0 Å². The summed E-state index contributed by atoms with van der Waals surface area (Å²) in [5, 5.41) is 8.88. The minimum absolute atomic E-state index is 0.208. The highest BCUT2D eigenvalue weighted by Crippen LogP contribution is 2.23. The van der Waals surface area contributed by atoms with E-state index in [9.17, 15) is 4.79 Å². The van der Waals surface area contributed by atoms with Crippen LogP contribution in [0.25, 0.3) is 0 Å². The van der Waals surface area contributed by atoms with Crippen LogP contribution in [-0.4, -0.2) is 11.1 Å². The summed E-state index contributed by atoms with van der Waals surface area (Å²) >= 11 is 2.09. The predicted molar refractivity (Wildman–Crippen MR) is 69.2 cm³/mol. The number of carbonyl (C=O) groups is 1. The number of hydrogen-bond donors (Lipinski definition) is 1. The lowest BCUT2D eigenvalue weighted by atomic mass is 10.2. The van der Waals surface area contributed by atoms with Gasteiger partial charge in [0.1, 0.15) is 18.1 Å². The minimum Gasteiger partial charge on any atom is -0.485 e. The van der Waals surface area contributed by atoms with Crippen molar-refractivity contribution < 1.29 is 19.1 Å². The molecule has 0 fully saturated rings. The van der Waals surface area contributed by atoms with E-state index in [2.05, 4.69) is 22.6 Å². The summed E-state index contributed by atoms with van der Waals surface area (Å²) in [6, 6.07) is 8.34. The lowest BCUT2D eigenvalue weighted by molar-refractivity contribution is 0.0696. The van der Waals surface area contributed by atoms with Gasteiger partial charge >= 0.3 is 5.97 Å². The number of aromatic carboxylic acids is 1. The Labute approximate surface area is 111 Å². The van der Waals surface area contributed by atoms with Crippen molar-refractivity contribution in [3.63, 3.8) is 0 Å². The fraction of sp³-hybridized carbons (Fsp3) is 0.0833. The van der Waals surface area contributed by atoms with Gasteiger partial charge in [0.15, 0.2) is 0 Å². The average molecular weight is 344 g/mol. The molecule has 1 heterocycles. The summed E-state index contributed by atoms with van der Waals surface area (Å²) in [7, 11) is 0. The third kappa shape index (κ3) is 3.00. The van der Waals surface area contributed by atoms with Crippen molar-refractivity contribution in [3.8, 4) is 5.75 Å². The molecule has 0 aliphatic heterocycles. The second kappa shape index (κ2) is 5.22. The van der Waals surface area contributed by atoms with Crippen LogP contribution in [0.5, 0.6) is 5.75 Å². The summed E-state index contributed by atoms with van der Waals surface area (Å²) < 4.78 is 11.5. The smallest absolute Gasteiger partial charge is 0.335 e. The molecule has 0 spiro atoms. The fourth-order valence-electron chi connectivity index (χ4n) is 1.29. The molecule has 17 heavy (non-hydrogen) atoms. The molecule has 0 amide bonds. The molecular weight excluding hydrogens is 335 g/mol. The Hall–Kier alpha value is -1.50. The maximum absolute atomic E-state index is 10.8. The highest BCUT2D eigenvalue weighted by Gasteiger charge is 2.08. The summed E-state index contributed by atoms with van der Waals surface area (Å²) in [6.07, 6.45) is 1.57. The molecule has 2 aromatic rings. The van der Waals surface area contributed by atoms with Gasteiger partial charge in [-0.15, -0.1) is 0 Å². The van der Waals surface area contributed by atoms with Crippen LogP contribution in [0.1, 0.15) is 16.1 Å². The van der Waals surface area contributed by atoms with Gasteiger partial charge in [-0.05, 0) is 52.9 Å². The van der Waals surface area contributed by atoms with Crippen molar-refractivity contribution in [1.29, 1.82) is 0 Å². The SMILES string of the molecule is O=C(O)c1ccc(I)c(OCc2ccco2)c1. The average Bonchev–Trinajstić information content (AvgIpc) is 2.80. The maximum Gasteiger partial charge on any atom is 0.335 e. The van der Waals surface area contributed by atoms with Crippen LogP contribution in [0.15, 0.2) is 41.0 Å². The number of ether oxygens (including phenoxy) is 1. The van der Waals surface area contributed by atoms with Crippen molar-refractivity contribution in [3.05, 3.63) is 51.5 Å². The molecule has 1 aromatic carbocycles. The number of furan rings is 1. The quantitative estimate of drug-likeness (QED) is 0.866. The van der Waals surface area contributed by atoms with E-state index in [4.69, 9.17) is 14.3 Å². The van der Waals surface area contributed by atoms with E-state index in [-0.39, 0.29) is 12.2 Å². The second-order valence-corrected chi connectivity index (χ2v) is 4.48. The van der Waals surface area contributed by atoms with E-state index in [0.717, 1.165) is 3.57 Å². The zero-order valence-corrected chi connectivity index (χ0v) is 10.9. The molecule has 0 atom stereocenters. The summed E-state index contributed by atoms with van der Waals surface area (Å²) in [6.45, 7) is 0.284. The Morgan fingerprint density at radius 2 is 2.24 bits per heavy atom. The van der Waals surface area contributed by atoms with Gasteiger partial charge in [-0.25, -0.2) is 4.79 Å². The number of halogens is 1. The zero-order chi connectivity index (χ0) is 12.3. The first-order valence-electron chi connectivity index (χ1n) is 4.85. The highest BCUT2D eigenvalue weighted by atomic mass is 127. The van der Waals surface area contributed by atoms with E-state index in [1.54, 1.807) is 30.5 Å². The largest absolute Gasteiger partial charge is 0.485 e. The number of carboxylic acid groups (broad SMARTS) is 1. The normalized spacial score (nSPS) is 10.2. The predicted octanol–water partition coefficient (Wildman–Crippen LogP) is 3.16. The van der Waals surface area contributed by atoms with Gasteiger partial charge in [0.05, 0.1) is 15.4 Å². The number of carboxylic acids is 1. The lowest BCUT2D eigenvalue weighted by Gasteiger charge is -2.07. The number of hydrogen-bond acceptors (Lipinski definition) is 3. The maximum atomic E-state index is 10.8. The van der Waals surface area contributed by atoms with Crippen LogP contribution in [0.3, 0.4) is 0 Å². The van der Waals surface area contributed by atoms with E-state index in [1.807, 2.05) is 0 Å². The molecule has 0 unspecified atom stereocenters. The van der Waals surface area contributed by atoms with Crippen LogP contribution >= 0.6 is 22.6 Å². The van der Waals surface area contributed by atoms with Gasteiger partial charge in [0.25, 0.3) is 0 Å². The molecule has 5 heteroatoms. The molecule has 0 saturated carbocycles. The standard InChI is InChI=1S/C12H9IO4/c13-10-4-3-8(12(14)15)6-11(10)17-7-9-2-1-5-16-9/h1-6H,7H2,(H,14,15). The van der Waals surface area contributed by atoms with Gasteiger partial charge < -0.3 is 14.3 Å². The van der Waals surface area contributed by atoms with Crippen LogP contribution in [0.2, 0.25) is 0 Å². The van der Waals surface area contributed by atoms with Gasteiger partial charge in [-0.1, -0.05) is 0 Å². The molecule has 0 aliphatic carbocycles. The molecule has 0 bridgehead atoms. The summed E-state index contributed by atoms with van der Waals surface area (Å²) in [5.74, 6) is 0.271. The summed E-state index contributed by atoms with van der Waals surface area (Å²) in [5.41, 5.74) is 0.208. The Bertz CT molecular complexity index is 519. The molecule has 1 aromatic heterocycles. The third-order valence-electron chi connectivity index (χ3n) is 2.13. The molecule has 0 radical (unpaired) electrons. The molecule has 0 aliphatic rings. The van der Waals surface area contributed by atoms with E-state index < -0.39 is 5.97 Å². The monoisotopic (exact) mass is 344 g/mol. The third-order valence-corrected chi connectivity index (χ3v) is 3.02. The van der Waals surface area contributed by atoms with E-state index >= 15 is 0 Å². The first-order valence-corrected chi connectivity index (χ1v) is 5.93. The second-order valence-electron chi connectivity index (χ2n) is 3.32. The topological polar surface area (TPSA) is 59.7 Å². The van der Waals surface area contributed by atoms with Gasteiger partial charge in [-0.3, -0.25) is 0 Å². The Balaban J connectivity index is 2.14. The van der Waals surface area contributed by atoms with E-state index in [1.165, 1.54) is 6.07 Å². The number of rotatable bonds is 4. The van der Waals surface area contributed by atoms with Gasteiger partial charge in [0, 0.05) is 0 Å². The van der Waals surface area contributed by atoms with Gasteiger partial charge in [0.2, 0.25) is 0 Å². The van der Waals surface area contributed by atoms with Crippen LogP contribution in [0, 0.1) is 3.57 Å². The molecule has 1 N–H and O–H groups in total. The van der Waals surface area contributed by atoms with Crippen molar-refractivity contribution in [2.24, 2.45) is 0 Å². The van der Waals surface area contributed by atoms with Crippen molar-refractivity contribution in [2.45, 2.75) is 6.61 Å². The molecule has 2 rings (SSSR count).